The normalized spacial score (nSPS) is 11.9. The summed E-state index contributed by atoms with van der Waals surface area (Å²) >= 11 is 0. The van der Waals surface area contributed by atoms with Gasteiger partial charge in [-0.1, -0.05) is 6.07 Å². The van der Waals surface area contributed by atoms with Crippen LogP contribution >= 0.6 is 0 Å². The Morgan fingerprint density at radius 2 is 1.93 bits per heavy atom. The first-order chi connectivity index (χ1) is 6.39. The number of halogens is 3. The van der Waals surface area contributed by atoms with E-state index in [0.717, 1.165) is 6.07 Å². The second-order valence-electron chi connectivity index (χ2n) is 3.20. The fraction of sp³-hybridized carbons (Fsp3) is 0.444. The molecule has 1 aromatic heterocycles. The quantitative estimate of drug-likeness (QED) is 0.801. The first kappa shape index (κ1) is 10.8. The van der Waals surface area contributed by atoms with Gasteiger partial charge in [0, 0.05) is 6.04 Å². The maximum atomic E-state index is 12.2. The van der Waals surface area contributed by atoms with Crippen molar-refractivity contribution in [2.24, 2.45) is 0 Å². The molecular weight excluding hydrogens is 193 g/mol. The van der Waals surface area contributed by atoms with Gasteiger partial charge in [0.2, 0.25) is 0 Å². The lowest BCUT2D eigenvalue weighted by atomic mass is 10.3. The summed E-state index contributed by atoms with van der Waals surface area (Å²) in [6.07, 6.45) is -4.38. The van der Waals surface area contributed by atoms with Crippen LogP contribution in [0, 0.1) is 0 Å². The van der Waals surface area contributed by atoms with Crippen molar-refractivity contribution in [3.63, 3.8) is 0 Å². The molecule has 0 bridgehead atoms. The van der Waals surface area contributed by atoms with E-state index in [0.29, 0.717) is 0 Å². The highest BCUT2D eigenvalue weighted by atomic mass is 19.4. The van der Waals surface area contributed by atoms with Gasteiger partial charge in [0.05, 0.1) is 0 Å². The van der Waals surface area contributed by atoms with Gasteiger partial charge in [-0.25, -0.2) is 4.98 Å². The third kappa shape index (κ3) is 2.90. The van der Waals surface area contributed by atoms with Crippen molar-refractivity contribution in [2.75, 3.05) is 5.32 Å². The molecule has 0 saturated heterocycles. The summed E-state index contributed by atoms with van der Waals surface area (Å²) in [5, 5.41) is 2.81. The molecule has 2 nitrogen and oxygen atoms in total. The lowest BCUT2D eigenvalue weighted by Crippen LogP contribution is -2.14. The summed E-state index contributed by atoms with van der Waals surface area (Å²) in [7, 11) is 0. The van der Waals surface area contributed by atoms with Gasteiger partial charge in [-0.15, -0.1) is 0 Å². The van der Waals surface area contributed by atoms with Crippen LogP contribution in [0.4, 0.5) is 19.0 Å². The number of alkyl halides is 3. The maximum absolute atomic E-state index is 12.2. The van der Waals surface area contributed by atoms with Crippen LogP contribution in [0.1, 0.15) is 19.5 Å². The minimum Gasteiger partial charge on any atom is -0.368 e. The molecule has 0 fully saturated rings. The Balaban J connectivity index is 2.90. The Hall–Kier alpha value is -1.26. The van der Waals surface area contributed by atoms with Crippen molar-refractivity contribution in [3.8, 4) is 0 Å². The minimum absolute atomic E-state index is 0.0611. The van der Waals surface area contributed by atoms with Crippen LogP contribution in [0.5, 0.6) is 0 Å². The number of nitrogens with one attached hydrogen (secondary N) is 1. The maximum Gasteiger partial charge on any atom is 0.433 e. The van der Waals surface area contributed by atoms with Gasteiger partial charge in [0.15, 0.2) is 0 Å². The van der Waals surface area contributed by atoms with Crippen LogP contribution in [0.25, 0.3) is 0 Å². The zero-order valence-electron chi connectivity index (χ0n) is 7.89. The molecule has 1 rings (SSSR count). The van der Waals surface area contributed by atoms with Crippen LogP contribution in [0.15, 0.2) is 18.2 Å². The molecular formula is C9H11F3N2. The van der Waals surface area contributed by atoms with E-state index in [9.17, 15) is 13.2 Å². The molecule has 0 atom stereocenters. The molecule has 0 saturated carbocycles. The van der Waals surface area contributed by atoms with Crippen molar-refractivity contribution >= 4 is 5.82 Å². The molecule has 78 valence electrons. The third-order valence-corrected chi connectivity index (χ3v) is 1.48. The third-order valence-electron chi connectivity index (χ3n) is 1.48. The van der Waals surface area contributed by atoms with Crippen molar-refractivity contribution < 1.29 is 13.2 Å². The number of anilines is 1. The number of nitrogens with zero attached hydrogens (tertiary/aromatic N) is 1. The number of hydrogen-bond acceptors (Lipinski definition) is 2. The van der Waals surface area contributed by atoms with Gasteiger partial charge in [0.25, 0.3) is 0 Å². The summed E-state index contributed by atoms with van der Waals surface area (Å²) in [4.78, 5) is 3.45. The SMILES string of the molecule is CC(C)Nc1cccc(C(F)(F)F)n1. The second kappa shape index (κ2) is 3.86. The van der Waals surface area contributed by atoms with Gasteiger partial charge in [0.1, 0.15) is 11.5 Å². The standard InChI is InChI=1S/C9H11F3N2/c1-6(2)13-8-5-3-4-7(14-8)9(10,11)12/h3-6H,1-2H3,(H,13,14). The van der Waals surface area contributed by atoms with Crippen LogP contribution in [0.3, 0.4) is 0 Å². The molecule has 1 heterocycles. The molecule has 0 spiro atoms. The smallest absolute Gasteiger partial charge is 0.368 e. The molecule has 1 aromatic rings. The highest BCUT2D eigenvalue weighted by Gasteiger charge is 2.32. The average molecular weight is 204 g/mol. The molecule has 14 heavy (non-hydrogen) atoms. The molecule has 0 amide bonds. The molecule has 0 aliphatic heterocycles. The Morgan fingerprint density at radius 1 is 1.29 bits per heavy atom. The monoisotopic (exact) mass is 204 g/mol. The Kier molecular flexibility index (Phi) is 2.98. The van der Waals surface area contributed by atoms with E-state index in [1.807, 2.05) is 13.8 Å². The van der Waals surface area contributed by atoms with E-state index < -0.39 is 11.9 Å². The topological polar surface area (TPSA) is 24.9 Å². The number of hydrogen-bond donors (Lipinski definition) is 1. The molecule has 0 radical (unpaired) electrons. The molecule has 0 aliphatic carbocycles. The molecule has 0 aromatic carbocycles. The minimum atomic E-state index is -4.38. The predicted molar refractivity (Wildman–Crippen MR) is 48.0 cm³/mol. The van der Waals surface area contributed by atoms with Crippen LogP contribution < -0.4 is 5.32 Å². The fourth-order valence-electron chi connectivity index (χ4n) is 0.969. The van der Waals surface area contributed by atoms with E-state index in [1.54, 1.807) is 0 Å². The Morgan fingerprint density at radius 3 is 2.43 bits per heavy atom. The van der Waals surface area contributed by atoms with Crippen molar-refractivity contribution in [2.45, 2.75) is 26.1 Å². The molecule has 1 N–H and O–H groups in total. The highest BCUT2D eigenvalue weighted by molar-refractivity contribution is 5.36. The molecule has 5 heteroatoms. The van der Waals surface area contributed by atoms with Gasteiger partial charge in [-0.05, 0) is 26.0 Å². The van der Waals surface area contributed by atoms with E-state index in [1.165, 1.54) is 12.1 Å². The van der Waals surface area contributed by atoms with Crippen molar-refractivity contribution in [1.29, 1.82) is 0 Å². The van der Waals surface area contributed by atoms with E-state index in [2.05, 4.69) is 10.3 Å². The summed E-state index contributed by atoms with van der Waals surface area (Å²) in [5.41, 5.74) is -0.872. The van der Waals surface area contributed by atoms with Crippen molar-refractivity contribution in [3.05, 3.63) is 23.9 Å². The molecule has 0 aliphatic rings. The van der Waals surface area contributed by atoms with Crippen LogP contribution in [-0.2, 0) is 6.18 Å². The van der Waals surface area contributed by atoms with Gasteiger partial charge >= 0.3 is 6.18 Å². The van der Waals surface area contributed by atoms with E-state index >= 15 is 0 Å². The van der Waals surface area contributed by atoms with Crippen LogP contribution in [-0.4, -0.2) is 11.0 Å². The van der Waals surface area contributed by atoms with Crippen LogP contribution in [0.2, 0.25) is 0 Å². The van der Waals surface area contributed by atoms with Gasteiger partial charge < -0.3 is 5.32 Å². The largest absolute Gasteiger partial charge is 0.433 e. The van der Waals surface area contributed by atoms with E-state index in [4.69, 9.17) is 0 Å². The second-order valence-corrected chi connectivity index (χ2v) is 3.20. The van der Waals surface area contributed by atoms with E-state index in [-0.39, 0.29) is 11.9 Å². The number of aromatic nitrogens is 1. The Bertz CT molecular complexity index is 307. The van der Waals surface area contributed by atoms with Gasteiger partial charge in [-0.2, -0.15) is 13.2 Å². The highest BCUT2D eigenvalue weighted by Crippen LogP contribution is 2.28. The lowest BCUT2D eigenvalue weighted by Gasteiger charge is -2.11. The fourth-order valence-corrected chi connectivity index (χ4v) is 0.969. The molecule has 0 unspecified atom stereocenters. The van der Waals surface area contributed by atoms with Gasteiger partial charge in [-0.3, -0.25) is 0 Å². The summed E-state index contributed by atoms with van der Waals surface area (Å²) in [5.74, 6) is 0.245. The average Bonchev–Trinajstić information content (AvgIpc) is 2.01. The summed E-state index contributed by atoms with van der Waals surface area (Å²) < 4.78 is 36.6. The lowest BCUT2D eigenvalue weighted by molar-refractivity contribution is -0.141. The van der Waals surface area contributed by atoms with Crippen molar-refractivity contribution in [1.82, 2.24) is 4.98 Å². The number of rotatable bonds is 2. The summed E-state index contributed by atoms with van der Waals surface area (Å²) in [6, 6.07) is 3.85. The zero-order valence-corrected chi connectivity index (χ0v) is 7.89. The summed E-state index contributed by atoms with van der Waals surface area (Å²) in [6.45, 7) is 3.67. The zero-order chi connectivity index (χ0) is 10.8. The number of pyridine rings is 1. The predicted octanol–water partition coefficient (Wildman–Crippen LogP) is 2.92. The Labute approximate surface area is 80.2 Å². The first-order valence-electron chi connectivity index (χ1n) is 4.20. The first-order valence-corrected chi connectivity index (χ1v) is 4.20.